The lowest BCUT2D eigenvalue weighted by atomic mass is 10.2. The van der Waals surface area contributed by atoms with Crippen molar-refractivity contribution in [3.63, 3.8) is 0 Å². The largest absolute Gasteiger partial charge is 0.504 e. The molecule has 0 fully saturated rings. The number of halogens is 1. The van der Waals surface area contributed by atoms with Crippen LogP contribution in [0.15, 0.2) is 16.6 Å². The highest BCUT2D eigenvalue weighted by Gasteiger charge is 2.13. The van der Waals surface area contributed by atoms with E-state index in [1.807, 2.05) is 0 Å². The lowest BCUT2D eigenvalue weighted by Gasteiger charge is -2.06. The van der Waals surface area contributed by atoms with Gasteiger partial charge in [0.1, 0.15) is 0 Å². The minimum atomic E-state index is -0.513. The maximum atomic E-state index is 10.3. The van der Waals surface area contributed by atoms with Crippen LogP contribution >= 0.6 is 15.9 Å². The zero-order valence-corrected chi connectivity index (χ0v) is 8.94. The molecule has 0 bridgehead atoms. The minimum Gasteiger partial charge on any atom is -0.504 e. The van der Waals surface area contributed by atoms with Crippen molar-refractivity contribution >= 4 is 15.9 Å². The first-order valence-electron chi connectivity index (χ1n) is 3.71. The fraction of sp³-hybridized carbons (Fsp3) is 0.250. The van der Waals surface area contributed by atoms with Gasteiger partial charge in [0.05, 0.1) is 12.7 Å². The number of ether oxygens (including phenoxy) is 1. The lowest BCUT2D eigenvalue weighted by molar-refractivity contribution is -0.497. The highest BCUT2D eigenvalue weighted by atomic mass is 79.9. The van der Waals surface area contributed by atoms with Gasteiger partial charge in [-0.3, -0.25) is 10.1 Å². The van der Waals surface area contributed by atoms with E-state index >= 15 is 0 Å². The smallest absolute Gasteiger partial charge is 0.232 e. The van der Waals surface area contributed by atoms with E-state index in [4.69, 9.17) is 4.74 Å². The van der Waals surface area contributed by atoms with Crippen LogP contribution in [0.3, 0.4) is 0 Å². The Morgan fingerprint density at radius 2 is 2.29 bits per heavy atom. The van der Waals surface area contributed by atoms with E-state index in [9.17, 15) is 15.2 Å². The van der Waals surface area contributed by atoms with Gasteiger partial charge in [-0.2, -0.15) is 0 Å². The molecule has 0 atom stereocenters. The predicted octanol–water partition coefficient (Wildman–Crippen LogP) is 1.94. The van der Waals surface area contributed by atoms with Gasteiger partial charge in [-0.25, -0.2) is 0 Å². The molecule has 0 unspecified atom stereocenters. The molecule has 1 aromatic rings. The van der Waals surface area contributed by atoms with Gasteiger partial charge in [0.15, 0.2) is 11.5 Å². The first-order valence-corrected chi connectivity index (χ1v) is 4.51. The predicted molar refractivity (Wildman–Crippen MR) is 53.1 cm³/mol. The van der Waals surface area contributed by atoms with Gasteiger partial charge >= 0.3 is 0 Å². The highest BCUT2D eigenvalue weighted by molar-refractivity contribution is 9.10. The Labute approximate surface area is 88.6 Å². The summed E-state index contributed by atoms with van der Waals surface area (Å²) in [4.78, 5) is 9.76. The standard InChI is InChI=1S/C8H8BrNO4/c1-14-7-3-6(9)2-5(8(7)11)4-10(12)13/h2-3,11H,4H2,1H3. The Hall–Kier alpha value is -1.30. The molecule has 0 heterocycles. The first-order chi connectivity index (χ1) is 6.54. The molecule has 0 saturated carbocycles. The van der Waals surface area contributed by atoms with Gasteiger partial charge < -0.3 is 9.84 Å². The summed E-state index contributed by atoms with van der Waals surface area (Å²) in [5, 5.41) is 19.8. The van der Waals surface area contributed by atoms with E-state index in [1.165, 1.54) is 13.2 Å². The number of nitro groups is 1. The van der Waals surface area contributed by atoms with E-state index < -0.39 is 11.5 Å². The Morgan fingerprint density at radius 3 is 2.79 bits per heavy atom. The van der Waals surface area contributed by atoms with Crippen LogP contribution < -0.4 is 4.74 Å². The van der Waals surface area contributed by atoms with Gasteiger partial charge in [0.25, 0.3) is 0 Å². The average molecular weight is 262 g/mol. The number of phenols is 1. The SMILES string of the molecule is COc1cc(Br)cc(C[N+](=O)[O-])c1O. The van der Waals surface area contributed by atoms with E-state index in [0.717, 1.165) is 0 Å². The number of nitrogens with zero attached hydrogens (tertiary/aromatic N) is 1. The van der Waals surface area contributed by atoms with E-state index in [0.29, 0.717) is 4.47 Å². The second-order valence-electron chi connectivity index (χ2n) is 2.61. The first kappa shape index (κ1) is 10.8. The number of benzene rings is 1. The van der Waals surface area contributed by atoms with Crippen molar-refractivity contribution in [3.05, 3.63) is 32.3 Å². The molecular weight excluding hydrogens is 254 g/mol. The number of methoxy groups -OCH3 is 1. The van der Waals surface area contributed by atoms with E-state index in [2.05, 4.69) is 15.9 Å². The molecule has 1 rings (SSSR count). The molecule has 0 spiro atoms. The van der Waals surface area contributed by atoms with Crippen LogP contribution in [-0.4, -0.2) is 17.1 Å². The van der Waals surface area contributed by atoms with Crippen molar-refractivity contribution in [1.29, 1.82) is 0 Å². The summed E-state index contributed by atoms with van der Waals surface area (Å²) in [6.07, 6.45) is 0. The number of hydrogen-bond acceptors (Lipinski definition) is 4. The zero-order chi connectivity index (χ0) is 10.7. The van der Waals surface area contributed by atoms with E-state index in [-0.39, 0.29) is 17.1 Å². The van der Waals surface area contributed by atoms with Crippen LogP contribution in [0, 0.1) is 10.1 Å². The Morgan fingerprint density at radius 1 is 1.64 bits per heavy atom. The van der Waals surface area contributed by atoms with Gasteiger partial charge in [-0.15, -0.1) is 0 Å². The van der Waals surface area contributed by atoms with Crippen molar-refractivity contribution in [1.82, 2.24) is 0 Å². The molecule has 6 heteroatoms. The summed E-state index contributed by atoms with van der Waals surface area (Å²) in [6.45, 7) is -0.429. The molecule has 14 heavy (non-hydrogen) atoms. The fourth-order valence-electron chi connectivity index (χ4n) is 1.04. The maximum Gasteiger partial charge on any atom is 0.232 e. The Bertz CT molecular complexity index is 367. The molecule has 1 aromatic carbocycles. The minimum absolute atomic E-state index is 0.188. The maximum absolute atomic E-state index is 10.3. The molecule has 0 aromatic heterocycles. The molecule has 76 valence electrons. The molecule has 0 aliphatic rings. The summed E-state index contributed by atoms with van der Waals surface area (Å²) >= 11 is 3.16. The third kappa shape index (κ3) is 2.35. The monoisotopic (exact) mass is 261 g/mol. The quantitative estimate of drug-likeness (QED) is 0.667. The molecule has 0 amide bonds. The molecule has 0 aliphatic carbocycles. The molecular formula is C8H8BrNO4. The summed E-state index contributed by atoms with van der Waals surface area (Å²) in [5.41, 5.74) is 0.223. The summed E-state index contributed by atoms with van der Waals surface area (Å²) in [6, 6.07) is 3.03. The Kier molecular flexibility index (Phi) is 3.29. The summed E-state index contributed by atoms with van der Waals surface area (Å²) in [7, 11) is 1.39. The third-order valence-electron chi connectivity index (χ3n) is 1.64. The summed E-state index contributed by atoms with van der Waals surface area (Å²) < 4.78 is 5.47. The van der Waals surface area contributed by atoms with Gasteiger partial charge in [0.2, 0.25) is 6.54 Å². The molecule has 5 nitrogen and oxygen atoms in total. The van der Waals surface area contributed by atoms with Crippen molar-refractivity contribution in [2.45, 2.75) is 6.54 Å². The third-order valence-corrected chi connectivity index (χ3v) is 2.10. The van der Waals surface area contributed by atoms with Crippen molar-refractivity contribution in [3.8, 4) is 11.5 Å². The lowest BCUT2D eigenvalue weighted by Crippen LogP contribution is -1.99. The molecule has 0 radical (unpaired) electrons. The van der Waals surface area contributed by atoms with Crippen LogP contribution in [-0.2, 0) is 6.54 Å². The van der Waals surface area contributed by atoms with Crippen LogP contribution in [0.1, 0.15) is 5.56 Å². The van der Waals surface area contributed by atoms with Crippen LogP contribution in [0.25, 0.3) is 0 Å². The number of hydrogen-bond donors (Lipinski definition) is 1. The molecule has 1 N–H and O–H groups in total. The van der Waals surface area contributed by atoms with Crippen molar-refractivity contribution in [2.75, 3.05) is 7.11 Å². The average Bonchev–Trinajstić information content (AvgIpc) is 2.09. The number of rotatable bonds is 3. The van der Waals surface area contributed by atoms with E-state index in [1.54, 1.807) is 6.07 Å². The topological polar surface area (TPSA) is 72.6 Å². The Balaban J connectivity index is 3.15. The summed E-state index contributed by atoms with van der Waals surface area (Å²) in [5.74, 6) is 0.0311. The van der Waals surface area contributed by atoms with Crippen molar-refractivity contribution < 1.29 is 14.8 Å². The van der Waals surface area contributed by atoms with Gasteiger partial charge in [-0.05, 0) is 12.1 Å². The van der Waals surface area contributed by atoms with Crippen molar-refractivity contribution in [2.24, 2.45) is 0 Å². The van der Waals surface area contributed by atoms with Gasteiger partial charge in [-0.1, -0.05) is 15.9 Å². The van der Waals surface area contributed by atoms with Crippen LogP contribution in [0.2, 0.25) is 0 Å². The zero-order valence-electron chi connectivity index (χ0n) is 7.36. The second-order valence-corrected chi connectivity index (χ2v) is 3.52. The normalized spacial score (nSPS) is 9.86. The molecule has 0 aliphatic heterocycles. The number of phenolic OH excluding ortho intramolecular Hbond substituents is 1. The second kappa shape index (κ2) is 4.28. The number of aromatic hydroxyl groups is 1. The van der Waals surface area contributed by atoms with Crippen LogP contribution in [0.5, 0.6) is 11.5 Å². The highest BCUT2D eigenvalue weighted by Crippen LogP contribution is 2.33. The van der Waals surface area contributed by atoms with Crippen LogP contribution in [0.4, 0.5) is 0 Å². The van der Waals surface area contributed by atoms with Gasteiger partial charge in [0, 0.05) is 9.40 Å². The molecule has 0 saturated heterocycles. The fourth-order valence-corrected chi connectivity index (χ4v) is 1.53.